The third kappa shape index (κ3) is 18.0. The van der Waals surface area contributed by atoms with E-state index in [4.69, 9.17) is 15.5 Å². The van der Waals surface area contributed by atoms with E-state index in [1.165, 1.54) is 31.2 Å². The molecule has 7 unspecified atom stereocenters. The van der Waals surface area contributed by atoms with Crippen LogP contribution in [0.5, 0.6) is 17.2 Å². The minimum Gasteiger partial charge on any atom is -0.691 e. The maximum absolute atomic E-state index is 14.5. The van der Waals surface area contributed by atoms with Gasteiger partial charge in [0.2, 0.25) is 42.0 Å². The second-order valence-corrected chi connectivity index (χ2v) is 20.1. The number of aromatic hydroxyl groups is 1. The number of unbranched alkanes of at least 4 members (excludes halogenated alkanes) is 5. The fraction of sp³-hybridized carbons (Fsp3) is 0.600. The predicted molar refractivity (Wildman–Crippen MR) is 271 cm³/mol. The van der Waals surface area contributed by atoms with E-state index in [2.05, 4.69) is 47.7 Å². The summed E-state index contributed by atoms with van der Waals surface area (Å²) in [5.74, 6) is -9.89. The Labute approximate surface area is 487 Å². The SMILES string of the molecule is [C-]#[N+]C[C@@H](O)[C@@H]1NC(=O)C([C@H](O)[C@@H](O)c2ccc(O)c(OSOO[O-])c2)NC(=O)C2CC(O)CN2C(=O)C(C(C)O)NC(=O)[C@@H](NC(=O)c2ccc(OCCCCCCCC)cc2)C[C@H](O)CNC(=O)C2[C@@H](O)C(C)CN2C1=O.[Na+]. The second-order valence-electron chi connectivity index (χ2n) is 19.7. The Morgan fingerprint density at radius 2 is 1.49 bits per heavy atom. The first-order chi connectivity index (χ1) is 37.6. The van der Waals surface area contributed by atoms with Gasteiger partial charge in [0, 0.05) is 44.0 Å². The molecule has 30 heteroatoms. The number of phenols is 1. The van der Waals surface area contributed by atoms with Crippen LogP contribution < -0.4 is 70.3 Å². The van der Waals surface area contributed by atoms with E-state index in [1.807, 2.05) is 0 Å². The molecule has 14 atom stereocenters. The van der Waals surface area contributed by atoms with Crippen LogP contribution in [0, 0.1) is 12.5 Å². The van der Waals surface area contributed by atoms with Crippen molar-refractivity contribution in [2.75, 3.05) is 32.8 Å². The summed E-state index contributed by atoms with van der Waals surface area (Å²) in [6.45, 7) is 9.97. The van der Waals surface area contributed by atoms with E-state index in [1.54, 1.807) is 0 Å². The molecule has 28 nitrogen and oxygen atoms in total. The number of phenolic OH excluding ortho intramolecular Hbond substituents is 1. The van der Waals surface area contributed by atoms with Gasteiger partial charge >= 0.3 is 29.6 Å². The summed E-state index contributed by atoms with van der Waals surface area (Å²) in [6.07, 6.45) is -8.36. The van der Waals surface area contributed by atoms with Gasteiger partial charge in [0.15, 0.2) is 17.6 Å². The molecular formula is C50H69N8NaO20S. The largest absolute Gasteiger partial charge is 1.00 e. The van der Waals surface area contributed by atoms with Crippen LogP contribution in [0.15, 0.2) is 42.5 Å². The topological polar surface area (TPSA) is 412 Å². The van der Waals surface area contributed by atoms with Crippen molar-refractivity contribution in [1.29, 1.82) is 0 Å². The summed E-state index contributed by atoms with van der Waals surface area (Å²) in [4.78, 5) is 105. The maximum Gasteiger partial charge on any atom is 1.00 e. The number of hydrogen-bond donors (Lipinski definition) is 13. The quantitative estimate of drug-likeness (QED) is 0.0146. The molecule has 0 spiro atoms. The number of benzene rings is 2. The van der Waals surface area contributed by atoms with E-state index in [0.717, 1.165) is 73.4 Å². The Hall–Kier alpha value is -5.43. The summed E-state index contributed by atoms with van der Waals surface area (Å²) in [5, 5.41) is 115. The van der Waals surface area contributed by atoms with Gasteiger partial charge in [-0.3, -0.25) is 38.6 Å². The van der Waals surface area contributed by atoms with E-state index >= 15 is 0 Å². The van der Waals surface area contributed by atoms with Crippen molar-refractivity contribution < 1.29 is 128 Å². The van der Waals surface area contributed by atoms with Crippen LogP contribution in [0.3, 0.4) is 0 Å². The number of aliphatic hydroxyl groups excluding tert-OH is 7. The molecule has 3 heterocycles. The molecule has 80 heavy (non-hydrogen) atoms. The molecule has 0 radical (unpaired) electrons. The Bertz CT molecular complexity index is 2460. The van der Waals surface area contributed by atoms with Gasteiger partial charge in [-0.2, -0.15) is 0 Å². The van der Waals surface area contributed by atoms with Crippen LogP contribution in [0.2, 0.25) is 0 Å². The smallest absolute Gasteiger partial charge is 0.691 e. The van der Waals surface area contributed by atoms with Crippen LogP contribution >= 0.6 is 12.3 Å². The molecule has 2 aromatic rings. The molecule has 13 N–H and O–H groups in total. The average molecular weight is 1160 g/mol. The van der Waals surface area contributed by atoms with Gasteiger partial charge in [0.05, 0.1) is 31.0 Å². The Balaban J connectivity index is 0.0000138. The number of nitrogens with zero attached hydrogens (tertiary/aromatic N) is 3. The third-order valence-electron chi connectivity index (χ3n) is 13.7. The molecule has 2 aromatic carbocycles. The first kappa shape index (κ1) is 67.1. The molecule has 3 saturated heterocycles. The number of rotatable bonds is 20. The Kier molecular flexibility index (Phi) is 27.1. The molecule has 5 rings (SSSR count). The van der Waals surface area contributed by atoms with Crippen LogP contribution in [0.1, 0.15) is 94.2 Å². The predicted octanol–water partition coefficient (Wildman–Crippen LogP) is -6.34. The van der Waals surface area contributed by atoms with Crippen molar-refractivity contribution in [3.63, 3.8) is 0 Å². The minimum absolute atomic E-state index is 0. The normalized spacial score (nSPS) is 26.8. The second kappa shape index (κ2) is 32.3. The van der Waals surface area contributed by atoms with Gasteiger partial charge in [-0.25, -0.2) is 6.57 Å². The number of aliphatic hydroxyl groups is 7. The van der Waals surface area contributed by atoms with E-state index in [-0.39, 0.29) is 53.0 Å². The zero-order valence-corrected chi connectivity index (χ0v) is 47.4. The number of β-amino-alcohol motifs (C(OH)–C–C–N with tert-alkyl or cyclic N) is 1. The van der Waals surface area contributed by atoms with Gasteiger partial charge in [-0.1, -0.05) is 52.0 Å². The molecule has 0 aromatic heterocycles. The minimum atomic E-state index is -2.49. The van der Waals surface area contributed by atoms with E-state index in [0.29, 0.717) is 12.4 Å². The van der Waals surface area contributed by atoms with Gasteiger partial charge in [-0.15, -0.1) is 4.33 Å². The van der Waals surface area contributed by atoms with Crippen molar-refractivity contribution in [3.05, 3.63) is 65.0 Å². The standard InChI is InChI=1S/C50H70N8O20S.Na/c1-5-6-7-8-9-10-17-75-31-14-11-27(12-15-31)44(67)53-32-19-29(60)21-52-48(71)40-41(64)25(2)23-58(40)50(73)38(35(63)22-51-4)55-47(70)39(43(66)42(65)28-13-16-34(62)36(18-28)76-79-78-77-74)56-46(69)33-20-30(61)24-57(33)49(72)37(26(3)59)54-45(32)68;/h11-16,18,25-26,29-30,32-33,35,37-43,59-66,74H,5-10,17,19-24H2,1-3H3,(H,52,71)(H,53,67)(H,54,68)(H,55,70)(H,56,69);/q;+1/p-1/t25?,26?,29-,30?,32-,33?,35+,37?,38-,39?,40?,41-,42-,43-;/m0./s1. The van der Waals surface area contributed by atoms with Gasteiger partial charge in [0.25, 0.3) is 18.2 Å². The number of nitrogens with one attached hydrogen (secondary N) is 5. The first-order valence-electron chi connectivity index (χ1n) is 25.7. The van der Waals surface area contributed by atoms with Gasteiger partial charge in [0.1, 0.15) is 54.2 Å². The van der Waals surface area contributed by atoms with Crippen molar-refractivity contribution in [2.45, 2.75) is 151 Å². The zero-order valence-electron chi connectivity index (χ0n) is 44.5. The van der Waals surface area contributed by atoms with Crippen LogP contribution in [-0.2, 0) is 38.1 Å². The zero-order chi connectivity index (χ0) is 58.1. The van der Waals surface area contributed by atoms with Crippen molar-refractivity contribution >= 4 is 53.7 Å². The van der Waals surface area contributed by atoms with Gasteiger partial charge < -0.3 is 96.3 Å². The summed E-state index contributed by atoms with van der Waals surface area (Å²) < 4.78 is 14.9. The first-order valence-corrected chi connectivity index (χ1v) is 26.3. The number of carbonyl (C=O) groups excluding carboxylic acids is 7. The third-order valence-corrected chi connectivity index (χ3v) is 14.0. The summed E-state index contributed by atoms with van der Waals surface area (Å²) >= 11 is -0.0705. The number of amides is 7. The number of fused-ring (bicyclic) bond motifs is 2. The monoisotopic (exact) mass is 1160 g/mol. The molecular weight excluding hydrogens is 1090 g/mol. The molecule has 3 fully saturated rings. The summed E-state index contributed by atoms with van der Waals surface area (Å²) in [7, 11) is 0. The van der Waals surface area contributed by atoms with Crippen LogP contribution in [0.25, 0.3) is 4.85 Å². The molecule has 0 saturated carbocycles. The molecule has 0 bridgehead atoms. The molecule has 0 aliphatic carbocycles. The van der Waals surface area contributed by atoms with Gasteiger partial charge in [-0.05, 0) is 55.3 Å². The van der Waals surface area contributed by atoms with Crippen LogP contribution in [-0.4, -0.2) is 198 Å². The van der Waals surface area contributed by atoms with E-state index < -0.39 is 177 Å². The maximum atomic E-state index is 14.5. The Morgan fingerprint density at radius 3 is 2.15 bits per heavy atom. The number of ether oxygens (including phenoxy) is 1. The van der Waals surface area contributed by atoms with E-state index in [9.17, 15) is 79.7 Å². The van der Waals surface area contributed by atoms with Crippen molar-refractivity contribution in [1.82, 2.24) is 36.4 Å². The van der Waals surface area contributed by atoms with Crippen molar-refractivity contribution in [3.8, 4) is 17.2 Å². The molecule has 436 valence electrons. The fourth-order valence-corrected chi connectivity index (χ4v) is 9.58. The molecule has 3 aliphatic rings. The summed E-state index contributed by atoms with van der Waals surface area (Å²) in [6, 6.07) is -3.07. The fourth-order valence-electron chi connectivity index (χ4n) is 9.33. The van der Waals surface area contributed by atoms with Crippen LogP contribution in [0.4, 0.5) is 0 Å². The summed E-state index contributed by atoms with van der Waals surface area (Å²) in [5.41, 5.74) is -0.308. The Morgan fingerprint density at radius 1 is 0.838 bits per heavy atom. The van der Waals surface area contributed by atoms with Crippen molar-refractivity contribution in [2.24, 2.45) is 5.92 Å². The average Bonchev–Trinajstić information content (AvgIpc) is 3.98. The number of carbonyl (C=O) groups is 7. The molecule has 3 aliphatic heterocycles. The molecule has 7 amide bonds. The number of hydrogen-bond acceptors (Lipinski definition) is 21.